The average molecular weight is 258 g/mol. The normalized spacial score (nSPS) is 13.8. The second-order valence-corrected chi connectivity index (χ2v) is 3.42. The van der Waals surface area contributed by atoms with Gasteiger partial charge in [0.1, 0.15) is 0 Å². The van der Waals surface area contributed by atoms with E-state index in [0.717, 1.165) is 0 Å². The van der Waals surface area contributed by atoms with Crippen molar-refractivity contribution in [3.8, 4) is 0 Å². The van der Waals surface area contributed by atoms with Crippen molar-refractivity contribution in [2.45, 2.75) is 19.5 Å². The molecule has 4 nitrogen and oxygen atoms in total. The zero-order chi connectivity index (χ0) is 13.8. The smallest absolute Gasteiger partial charge is 0.403 e. The number of nitrogens with zero attached hydrogens (tertiary/aromatic N) is 2. The van der Waals surface area contributed by atoms with E-state index in [1.165, 1.54) is 6.07 Å². The maximum absolute atomic E-state index is 12.7. The van der Waals surface area contributed by atoms with Crippen LogP contribution in [0.1, 0.15) is 12.6 Å². The molecule has 7 heteroatoms. The first-order chi connectivity index (χ1) is 8.38. The van der Waals surface area contributed by atoms with Gasteiger partial charge >= 0.3 is 6.18 Å². The number of halogens is 3. The van der Waals surface area contributed by atoms with E-state index in [1.54, 1.807) is 12.1 Å². The van der Waals surface area contributed by atoms with Crippen LogP contribution in [0.15, 0.2) is 35.1 Å². The highest BCUT2D eigenvalue weighted by atomic mass is 19.4. The van der Waals surface area contributed by atoms with Gasteiger partial charge in [0.05, 0.1) is 5.70 Å². The van der Waals surface area contributed by atoms with Crippen LogP contribution in [0.25, 0.3) is 0 Å². The monoisotopic (exact) mass is 258 g/mol. The summed E-state index contributed by atoms with van der Waals surface area (Å²) in [5, 5.41) is 0. The number of hydrogen-bond donors (Lipinski definition) is 2. The van der Waals surface area contributed by atoms with E-state index in [4.69, 9.17) is 11.5 Å². The average Bonchev–Trinajstić information content (AvgIpc) is 2.34. The standard InChI is InChI=1S/C11H13F3N4/c1-2-7-4-3-5-9(17-7)18-10(8(16)6-15)11(12,13)14/h3-6H,2,15-16H2,1H3/b8-6+,18-10-. The predicted octanol–water partition coefficient (Wildman–Crippen LogP) is 2.04. The molecule has 0 aliphatic heterocycles. The van der Waals surface area contributed by atoms with Crippen LogP contribution in [0.2, 0.25) is 0 Å². The Morgan fingerprint density at radius 2 is 2.11 bits per heavy atom. The van der Waals surface area contributed by atoms with Crippen molar-refractivity contribution in [3.63, 3.8) is 0 Å². The van der Waals surface area contributed by atoms with Gasteiger partial charge in [-0.3, -0.25) is 0 Å². The summed E-state index contributed by atoms with van der Waals surface area (Å²) >= 11 is 0. The SMILES string of the molecule is CCc1cccc(/N=C(/C(N)=C\N)C(F)(F)F)n1. The summed E-state index contributed by atoms with van der Waals surface area (Å²) in [6.07, 6.45) is -3.41. The number of pyridine rings is 1. The fourth-order valence-electron chi connectivity index (χ4n) is 1.21. The first kappa shape index (κ1) is 14.0. The van der Waals surface area contributed by atoms with Crippen LogP contribution in [-0.2, 0) is 6.42 Å². The summed E-state index contributed by atoms with van der Waals surface area (Å²) in [5.74, 6) is -0.0496. The molecule has 1 heterocycles. The van der Waals surface area contributed by atoms with Crippen LogP contribution in [0.3, 0.4) is 0 Å². The van der Waals surface area contributed by atoms with Crippen molar-refractivity contribution in [3.05, 3.63) is 35.8 Å². The molecule has 4 N–H and O–H groups in total. The van der Waals surface area contributed by atoms with Gasteiger partial charge in [0.15, 0.2) is 11.5 Å². The van der Waals surface area contributed by atoms with Crippen LogP contribution in [-0.4, -0.2) is 16.9 Å². The summed E-state index contributed by atoms with van der Waals surface area (Å²) in [7, 11) is 0. The number of aliphatic imine (C=N–C) groups is 1. The number of alkyl halides is 3. The Balaban J connectivity index is 3.24. The van der Waals surface area contributed by atoms with E-state index in [-0.39, 0.29) is 5.82 Å². The first-order valence-electron chi connectivity index (χ1n) is 5.18. The third-order valence-corrected chi connectivity index (χ3v) is 2.10. The summed E-state index contributed by atoms with van der Waals surface area (Å²) in [6, 6.07) is 4.66. The fourth-order valence-corrected chi connectivity index (χ4v) is 1.21. The van der Waals surface area contributed by atoms with Crippen molar-refractivity contribution in [2.24, 2.45) is 16.5 Å². The van der Waals surface area contributed by atoms with Crippen molar-refractivity contribution >= 4 is 11.5 Å². The zero-order valence-electron chi connectivity index (χ0n) is 9.70. The molecule has 0 fully saturated rings. The molecule has 0 spiro atoms. The Hall–Kier alpha value is -2.05. The number of aromatic nitrogens is 1. The van der Waals surface area contributed by atoms with E-state index in [0.29, 0.717) is 18.3 Å². The first-order valence-corrected chi connectivity index (χ1v) is 5.18. The van der Waals surface area contributed by atoms with Gasteiger partial charge in [0.2, 0.25) is 0 Å². The van der Waals surface area contributed by atoms with Crippen LogP contribution in [0.5, 0.6) is 0 Å². The summed E-state index contributed by atoms with van der Waals surface area (Å²) in [5.41, 5.74) is 8.94. The summed E-state index contributed by atoms with van der Waals surface area (Å²) in [4.78, 5) is 7.37. The molecule has 0 aliphatic rings. The number of nitrogens with two attached hydrogens (primary N) is 2. The highest BCUT2D eigenvalue weighted by Crippen LogP contribution is 2.23. The maximum atomic E-state index is 12.7. The summed E-state index contributed by atoms with van der Waals surface area (Å²) < 4.78 is 38.1. The topological polar surface area (TPSA) is 77.3 Å². The molecule has 1 rings (SSSR count). The molecule has 0 aliphatic carbocycles. The van der Waals surface area contributed by atoms with Crippen LogP contribution >= 0.6 is 0 Å². The zero-order valence-corrected chi connectivity index (χ0v) is 9.70. The van der Waals surface area contributed by atoms with Crippen LogP contribution < -0.4 is 11.5 Å². The Kier molecular flexibility index (Phi) is 4.30. The molecule has 0 amide bonds. The van der Waals surface area contributed by atoms with Crippen molar-refractivity contribution in [1.82, 2.24) is 4.98 Å². The number of allylic oxidation sites excluding steroid dienone is 1. The van der Waals surface area contributed by atoms with Gasteiger partial charge in [0, 0.05) is 11.9 Å². The molecule has 0 aromatic carbocycles. The molecule has 1 aromatic rings. The van der Waals surface area contributed by atoms with Crippen molar-refractivity contribution in [1.29, 1.82) is 0 Å². The summed E-state index contributed by atoms with van der Waals surface area (Å²) in [6.45, 7) is 1.84. The van der Waals surface area contributed by atoms with Gasteiger partial charge in [-0.05, 0) is 18.6 Å². The van der Waals surface area contributed by atoms with Gasteiger partial charge in [-0.25, -0.2) is 9.98 Å². The lowest BCUT2D eigenvalue weighted by atomic mass is 10.2. The molecular weight excluding hydrogens is 245 g/mol. The van der Waals surface area contributed by atoms with E-state index in [9.17, 15) is 13.2 Å². The van der Waals surface area contributed by atoms with Gasteiger partial charge in [-0.15, -0.1) is 0 Å². The number of aryl methyl sites for hydroxylation is 1. The number of rotatable bonds is 3. The molecule has 0 radical (unpaired) electrons. The van der Waals surface area contributed by atoms with Gasteiger partial charge in [-0.2, -0.15) is 13.2 Å². The van der Waals surface area contributed by atoms with Gasteiger partial charge in [-0.1, -0.05) is 13.0 Å². The van der Waals surface area contributed by atoms with Gasteiger partial charge in [0.25, 0.3) is 0 Å². The molecule has 0 unspecified atom stereocenters. The molecule has 0 bridgehead atoms. The molecule has 98 valence electrons. The lowest BCUT2D eigenvalue weighted by molar-refractivity contribution is -0.0582. The molecule has 18 heavy (non-hydrogen) atoms. The molecule has 0 saturated carbocycles. The molecule has 0 atom stereocenters. The van der Waals surface area contributed by atoms with Crippen LogP contribution in [0, 0.1) is 0 Å². The minimum absolute atomic E-state index is 0.0496. The minimum atomic E-state index is -4.68. The molecule has 1 aromatic heterocycles. The molecule has 0 saturated heterocycles. The van der Waals surface area contributed by atoms with E-state index >= 15 is 0 Å². The van der Waals surface area contributed by atoms with E-state index in [2.05, 4.69) is 9.98 Å². The number of hydrogen-bond acceptors (Lipinski definition) is 4. The maximum Gasteiger partial charge on any atom is 0.435 e. The Labute approximate surface area is 102 Å². The van der Waals surface area contributed by atoms with Crippen molar-refractivity contribution in [2.75, 3.05) is 0 Å². The third-order valence-electron chi connectivity index (χ3n) is 2.10. The quantitative estimate of drug-likeness (QED) is 0.814. The predicted molar refractivity (Wildman–Crippen MR) is 63.2 cm³/mol. The Morgan fingerprint density at radius 1 is 1.44 bits per heavy atom. The highest BCUT2D eigenvalue weighted by Gasteiger charge is 2.37. The second kappa shape index (κ2) is 5.52. The van der Waals surface area contributed by atoms with Gasteiger partial charge < -0.3 is 11.5 Å². The lowest BCUT2D eigenvalue weighted by Gasteiger charge is -2.10. The third kappa shape index (κ3) is 3.47. The Morgan fingerprint density at radius 3 is 2.61 bits per heavy atom. The van der Waals surface area contributed by atoms with Crippen LogP contribution in [0.4, 0.5) is 19.0 Å². The molecular formula is C11H13F3N4. The Bertz CT molecular complexity index is 477. The highest BCUT2D eigenvalue weighted by molar-refractivity contribution is 6.04. The largest absolute Gasteiger partial charge is 0.435 e. The second-order valence-electron chi connectivity index (χ2n) is 3.42. The minimum Gasteiger partial charge on any atom is -0.403 e. The van der Waals surface area contributed by atoms with E-state index < -0.39 is 17.6 Å². The van der Waals surface area contributed by atoms with E-state index in [1.807, 2.05) is 6.92 Å². The lowest BCUT2D eigenvalue weighted by Crippen LogP contribution is -2.29. The van der Waals surface area contributed by atoms with Crippen molar-refractivity contribution < 1.29 is 13.2 Å². The fraction of sp³-hybridized carbons (Fsp3) is 0.273.